The lowest BCUT2D eigenvalue weighted by molar-refractivity contribution is 0.0944. The van der Waals surface area contributed by atoms with Crippen LogP contribution in [0.4, 0.5) is 11.4 Å². The summed E-state index contributed by atoms with van der Waals surface area (Å²) in [5.41, 5.74) is 3.06. The SMILES string of the molecule is CCCCCCCCCCNC(=O)c1ccc(C(=O)Nc2ccc(NC(=O)c3ccc(C(=O)NCCCCCCCCCC)cc3)cc2)cc1. The Balaban J connectivity index is 1.35. The summed E-state index contributed by atoms with van der Waals surface area (Å²) in [6, 6.07) is 20.0. The maximum absolute atomic E-state index is 12.8. The summed E-state index contributed by atoms with van der Waals surface area (Å²) in [5.74, 6) is -0.865. The largest absolute Gasteiger partial charge is 0.352 e. The summed E-state index contributed by atoms with van der Waals surface area (Å²) in [7, 11) is 0. The third-order valence-electron chi connectivity index (χ3n) is 8.85. The second kappa shape index (κ2) is 23.8. The quantitative estimate of drug-likeness (QED) is 0.0704. The van der Waals surface area contributed by atoms with Crippen LogP contribution in [0.2, 0.25) is 0 Å². The van der Waals surface area contributed by atoms with Gasteiger partial charge in [0.2, 0.25) is 0 Å². The first-order valence-corrected chi connectivity index (χ1v) is 18.9. The summed E-state index contributed by atoms with van der Waals surface area (Å²) >= 11 is 0. The molecular weight excluding hydrogens is 624 g/mol. The number of nitrogens with one attached hydrogen (secondary N) is 4. The van der Waals surface area contributed by atoms with Crippen LogP contribution in [0, 0.1) is 0 Å². The highest BCUT2D eigenvalue weighted by Crippen LogP contribution is 2.17. The zero-order valence-electron chi connectivity index (χ0n) is 30.3. The van der Waals surface area contributed by atoms with Gasteiger partial charge in [0.1, 0.15) is 0 Å². The van der Waals surface area contributed by atoms with Crippen LogP contribution in [-0.2, 0) is 0 Å². The van der Waals surface area contributed by atoms with E-state index in [2.05, 4.69) is 35.1 Å². The van der Waals surface area contributed by atoms with Gasteiger partial charge in [-0.2, -0.15) is 0 Å². The van der Waals surface area contributed by atoms with Gasteiger partial charge in [-0.05, 0) is 85.6 Å². The van der Waals surface area contributed by atoms with Crippen molar-refractivity contribution in [1.82, 2.24) is 10.6 Å². The molecule has 0 unspecified atom stereocenters. The minimum atomic E-state index is -0.297. The van der Waals surface area contributed by atoms with Crippen molar-refractivity contribution in [2.75, 3.05) is 23.7 Å². The predicted molar refractivity (Wildman–Crippen MR) is 205 cm³/mol. The standard InChI is InChI=1S/C42H58N4O4/c1-3-5-7-9-11-13-15-17-31-43-39(47)33-19-23-35(24-20-33)41(49)45-37-27-29-38(30-28-37)46-42(50)36-25-21-34(22-26-36)40(48)44-32-18-16-14-12-10-8-6-4-2/h19-30H,3-18,31-32H2,1-2H3,(H,43,47)(H,44,48)(H,45,49)(H,46,50). The summed E-state index contributed by atoms with van der Waals surface area (Å²) in [6.45, 7) is 5.75. The molecule has 0 aliphatic carbocycles. The Bertz CT molecular complexity index is 1330. The van der Waals surface area contributed by atoms with Crippen LogP contribution in [0.25, 0.3) is 0 Å². The van der Waals surface area contributed by atoms with Crippen molar-refractivity contribution in [2.24, 2.45) is 0 Å². The van der Waals surface area contributed by atoms with E-state index in [1.54, 1.807) is 72.8 Å². The molecular formula is C42H58N4O4. The lowest BCUT2D eigenvalue weighted by atomic mass is 10.1. The van der Waals surface area contributed by atoms with E-state index in [1.165, 1.54) is 77.0 Å². The van der Waals surface area contributed by atoms with Crippen molar-refractivity contribution in [3.05, 3.63) is 95.1 Å². The third-order valence-corrected chi connectivity index (χ3v) is 8.85. The highest BCUT2D eigenvalue weighted by molar-refractivity contribution is 6.06. The van der Waals surface area contributed by atoms with Crippen molar-refractivity contribution >= 4 is 35.0 Å². The highest BCUT2D eigenvalue weighted by atomic mass is 16.2. The van der Waals surface area contributed by atoms with E-state index in [9.17, 15) is 19.2 Å². The molecule has 0 heterocycles. The average molecular weight is 683 g/mol. The molecule has 0 fully saturated rings. The predicted octanol–water partition coefficient (Wildman–Crippen LogP) is 9.93. The molecule has 270 valence electrons. The lowest BCUT2D eigenvalue weighted by Crippen LogP contribution is -2.24. The van der Waals surface area contributed by atoms with Crippen molar-refractivity contribution in [3.8, 4) is 0 Å². The molecule has 0 saturated carbocycles. The van der Waals surface area contributed by atoms with Gasteiger partial charge in [-0.1, -0.05) is 104 Å². The number of hydrogen-bond donors (Lipinski definition) is 4. The van der Waals surface area contributed by atoms with Gasteiger partial charge in [-0.15, -0.1) is 0 Å². The topological polar surface area (TPSA) is 116 Å². The van der Waals surface area contributed by atoms with Gasteiger partial charge >= 0.3 is 0 Å². The Morgan fingerprint density at radius 1 is 0.360 bits per heavy atom. The molecule has 3 rings (SSSR count). The fourth-order valence-electron chi connectivity index (χ4n) is 5.72. The van der Waals surface area contributed by atoms with Crippen LogP contribution in [0.1, 0.15) is 158 Å². The highest BCUT2D eigenvalue weighted by Gasteiger charge is 2.12. The normalized spacial score (nSPS) is 10.8. The average Bonchev–Trinajstić information content (AvgIpc) is 3.14. The Morgan fingerprint density at radius 3 is 0.920 bits per heavy atom. The number of hydrogen-bond acceptors (Lipinski definition) is 4. The number of carbonyl (C=O) groups excluding carboxylic acids is 4. The van der Waals surface area contributed by atoms with Gasteiger partial charge in [-0.25, -0.2) is 0 Å². The van der Waals surface area contributed by atoms with Crippen LogP contribution >= 0.6 is 0 Å². The van der Waals surface area contributed by atoms with Gasteiger partial charge in [-0.3, -0.25) is 19.2 Å². The van der Waals surface area contributed by atoms with Gasteiger partial charge in [0.25, 0.3) is 23.6 Å². The molecule has 0 atom stereocenters. The monoisotopic (exact) mass is 682 g/mol. The number of rotatable bonds is 24. The Kier molecular flexibility index (Phi) is 19.0. The molecule has 50 heavy (non-hydrogen) atoms. The molecule has 4 amide bonds. The number of unbranched alkanes of at least 4 members (excludes halogenated alkanes) is 14. The Morgan fingerprint density at radius 2 is 0.620 bits per heavy atom. The molecule has 0 spiro atoms. The zero-order chi connectivity index (χ0) is 35.8. The molecule has 8 nitrogen and oxygen atoms in total. The summed E-state index contributed by atoms with van der Waals surface area (Å²) in [6.07, 6.45) is 19.5. The van der Waals surface area contributed by atoms with E-state index in [1.807, 2.05) is 0 Å². The molecule has 0 bridgehead atoms. The first-order chi connectivity index (χ1) is 24.4. The fraction of sp³-hybridized carbons (Fsp3) is 0.476. The van der Waals surface area contributed by atoms with E-state index < -0.39 is 0 Å². The van der Waals surface area contributed by atoms with Crippen LogP contribution in [0.5, 0.6) is 0 Å². The summed E-state index contributed by atoms with van der Waals surface area (Å²) in [5, 5.41) is 11.6. The van der Waals surface area contributed by atoms with Crippen LogP contribution in [0.15, 0.2) is 72.8 Å². The van der Waals surface area contributed by atoms with Gasteiger partial charge in [0, 0.05) is 46.7 Å². The molecule has 0 aliphatic heterocycles. The first-order valence-electron chi connectivity index (χ1n) is 18.9. The minimum Gasteiger partial charge on any atom is -0.352 e. The van der Waals surface area contributed by atoms with Crippen molar-refractivity contribution in [1.29, 1.82) is 0 Å². The van der Waals surface area contributed by atoms with Crippen molar-refractivity contribution in [2.45, 2.75) is 117 Å². The molecule has 4 N–H and O–H groups in total. The molecule has 3 aromatic carbocycles. The van der Waals surface area contributed by atoms with E-state index in [0.717, 1.165) is 25.7 Å². The number of benzene rings is 3. The van der Waals surface area contributed by atoms with Crippen LogP contribution in [0.3, 0.4) is 0 Å². The molecule has 8 heteroatoms. The van der Waals surface area contributed by atoms with Gasteiger partial charge in [0.15, 0.2) is 0 Å². The summed E-state index contributed by atoms with van der Waals surface area (Å²) in [4.78, 5) is 50.6. The van der Waals surface area contributed by atoms with E-state index in [4.69, 9.17) is 0 Å². The number of anilines is 2. The second-order valence-corrected chi connectivity index (χ2v) is 13.1. The molecule has 0 saturated heterocycles. The number of carbonyl (C=O) groups is 4. The van der Waals surface area contributed by atoms with Crippen LogP contribution < -0.4 is 21.3 Å². The maximum atomic E-state index is 12.8. The summed E-state index contributed by atoms with van der Waals surface area (Å²) < 4.78 is 0. The fourth-order valence-corrected chi connectivity index (χ4v) is 5.72. The second-order valence-electron chi connectivity index (χ2n) is 13.1. The van der Waals surface area contributed by atoms with Crippen molar-refractivity contribution in [3.63, 3.8) is 0 Å². The minimum absolute atomic E-state index is 0.136. The lowest BCUT2D eigenvalue weighted by Gasteiger charge is -2.10. The zero-order valence-corrected chi connectivity index (χ0v) is 30.3. The van der Waals surface area contributed by atoms with E-state index >= 15 is 0 Å². The first kappa shape index (κ1) is 40.0. The van der Waals surface area contributed by atoms with Crippen molar-refractivity contribution < 1.29 is 19.2 Å². The van der Waals surface area contributed by atoms with E-state index in [-0.39, 0.29) is 23.6 Å². The molecule has 0 aromatic heterocycles. The molecule has 0 aliphatic rings. The smallest absolute Gasteiger partial charge is 0.255 e. The molecule has 3 aromatic rings. The van der Waals surface area contributed by atoms with Gasteiger partial charge in [0.05, 0.1) is 0 Å². The van der Waals surface area contributed by atoms with E-state index in [0.29, 0.717) is 46.7 Å². The Labute approximate surface area is 299 Å². The Hall–Kier alpha value is -4.46. The maximum Gasteiger partial charge on any atom is 0.255 e. The number of amides is 4. The van der Waals surface area contributed by atoms with Gasteiger partial charge < -0.3 is 21.3 Å². The molecule has 0 radical (unpaired) electrons. The van der Waals surface area contributed by atoms with Crippen LogP contribution in [-0.4, -0.2) is 36.7 Å². The third kappa shape index (κ3) is 15.4.